The number of phosphoric acid groups is 1. The van der Waals surface area contributed by atoms with Gasteiger partial charge in [-0.25, -0.2) is 0 Å². The number of aliphatic hydroxyl groups is 1. The minimum absolute atomic E-state index is 0.109. The van der Waals surface area contributed by atoms with E-state index >= 15 is 0 Å². The van der Waals surface area contributed by atoms with Crippen LogP contribution in [0.1, 0.15) is 32.1 Å². The Morgan fingerprint density at radius 3 is 2.43 bits per heavy atom. The molecule has 0 aromatic rings. The Kier molecular flexibility index (Phi) is 10.9. The lowest BCUT2D eigenvalue weighted by Gasteiger charge is -2.26. The van der Waals surface area contributed by atoms with Crippen molar-refractivity contribution in [2.24, 2.45) is 0 Å². The van der Waals surface area contributed by atoms with Gasteiger partial charge in [-0.1, -0.05) is 12.8 Å². The van der Waals surface area contributed by atoms with Crippen molar-refractivity contribution < 1.29 is 32.9 Å². The molecule has 9 heteroatoms. The number of nitrogens with zero attached hydrogens (tertiary/aromatic N) is 1. The predicted molar refractivity (Wildman–Crippen MR) is 85.6 cm³/mol. The zero-order valence-electron chi connectivity index (χ0n) is 14.6. The number of rotatable bonds is 13. The summed E-state index contributed by atoms with van der Waals surface area (Å²) >= 11 is 0. The van der Waals surface area contributed by atoms with E-state index in [0.717, 1.165) is 26.4 Å². The van der Waals surface area contributed by atoms with Gasteiger partial charge in [0, 0.05) is 13.7 Å². The highest BCUT2D eigenvalue weighted by Crippen LogP contribution is 2.36. The van der Waals surface area contributed by atoms with Crippen molar-refractivity contribution >= 4 is 13.7 Å². The second-order valence-corrected chi connectivity index (χ2v) is 8.08. The van der Waals surface area contributed by atoms with E-state index in [1.807, 2.05) is 21.1 Å². The topological polar surface area (TPSA) is 108 Å². The second-order valence-electron chi connectivity index (χ2n) is 6.56. The zero-order chi connectivity index (χ0) is 17.9. The lowest BCUT2D eigenvalue weighted by Crippen LogP contribution is -2.43. The second kappa shape index (κ2) is 11.1. The molecule has 0 saturated heterocycles. The number of nitrogens with one attached hydrogen (secondary N) is 1. The summed E-state index contributed by atoms with van der Waals surface area (Å²) in [6.07, 6.45) is 2.56. The number of hydrogen-bond acceptors (Lipinski definition) is 6. The standard InChI is InChI=1S/C14H31N2O6P/c1-16(2,3)12-13(17)11-14(18)15-9-7-5-6-8-10-22-23(19,20)21-4/h13,17H,5-12H2,1-4H3,(H-,15,18,19,20)/t13-/m1/s1. The normalized spacial score (nSPS) is 15.9. The first-order valence-electron chi connectivity index (χ1n) is 7.82. The molecule has 138 valence electrons. The molecule has 0 aliphatic rings. The van der Waals surface area contributed by atoms with Crippen molar-refractivity contribution in [1.82, 2.24) is 5.32 Å². The van der Waals surface area contributed by atoms with Crippen molar-refractivity contribution in [3.05, 3.63) is 0 Å². The molecule has 1 unspecified atom stereocenters. The van der Waals surface area contributed by atoms with Crippen LogP contribution < -0.4 is 10.2 Å². The summed E-state index contributed by atoms with van der Waals surface area (Å²) in [6, 6.07) is 0. The third-order valence-corrected chi connectivity index (χ3v) is 3.99. The molecule has 0 heterocycles. The molecule has 0 radical (unpaired) electrons. The van der Waals surface area contributed by atoms with Gasteiger partial charge in [-0.3, -0.25) is 9.36 Å². The molecule has 0 spiro atoms. The number of aliphatic hydroxyl groups excluding tert-OH is 1. The monoisotopic (exact) mass is 354 g/mol. The summed E-state index contributed by atoms with van der Waals surface area (Å²) in [5.41, 5.74) is 0. The van der Waals surface area contributed by atoms with Crippen LogP contribution >= 0.6 is 7.82 Å². The number of amides is 1. The number of likely N-dealkylation sites (N-methyl/N-ethyl adjacent to an activating group) is 1. The predicted octanol–water partition coefficient (Wildman–Crippen LogP) is 0.252. The fraction of sp³-hybridized carbons (Fsp3) is 0.929. The maximum atomic E-state index is 11.6. The van der Waals surface area contributed by atoms with Gasteiger partial charge in [0.2, 0.25) is 5.91 Å². The molecule has 1 amide bonds. The van der Waals surface area contributed by atoms with Crippen LogP contribution in [0.3, 0.4) is 0 Å². The summed E-state index contributed by atoms with van der Waals surface area (Å²) < 4.78 is 20.3. The lowest BCUT2D eigenvalue weighted by atomic mass is 10.2. The van der Waals surface area contributed by atoms with E-state index < -0.39 is 13.9 Å². The maximum absolute atomic E-state index is 11.6. The molecular weight excluding hydrogens is 323 g/mol. The number of quaternary nitrogens is 1. The quantitative estimate of drug-likeness (QED) is 0.279. The first-order chi connectivity index (χ1) is 10.6. The summed E-state index contributed by atoms with van der Waals surface area (Å²) in [5, 5.41) is 12.6. The first kappa shape index (κ1) is 22.5. The van der Waals surface area contributed by atoms with Gasteiger partial charge in [0.15, 0.2) is 0 Å². The largest absolute Gasteiger partial charge is 0.756 e. The van der Waals surface area contributed by atoms with E-state index in [9.17, 15) is 19.4 Å². The molecule has 0 fully saturated rings. The number of unbranched alkanes of at least 4 members (excludes halogenated alkanes) is 3. The fourth-order valence-corrected chi connectivity index (χ4v) is 2.48. The zero-order valence-corrected chi connectivity index (χ0v) is 15.5. The SMILES string of the molecule is COP(=O)([O-])OCCCCCCNC(=O)C[C@@H](O)C[N+](C)(C)C. The molecule has 0 saturated carbocycles. The fourth-order valence-electron chi connectivity index (χ4n) is 2.02. The third kappa shape index (κ3) is 14.8. The van der Waals surface area contributed by atoms with Crippen LogP contribution in [0.2, 0.25) is 0 Å². The van der Waals surface area contributed by atoms with Crippen LogP contribution in [0.25, 0.3) is 0 Å². The van der Waals surface area contributed by atoms with Crippen molar-refractivity contribution in [3.63, 3.8) is 0 Å². The average molecular weight is 354 g/mol. The van der Waals surface area contributed by atoms with Crippen LogP contribution in [0.15, 0.2) is 0 Å². The Labute approximate surface area is 139 Å². The van der Waals surface area contributed by atoms with Crippen molar-refractivity contribution in [1.29, 1.82) is 0 Å². The van der Waals surface area contributed by atoms with E-state index in [4.69, 9.17) is 0 Å². The van der Waals surface area contributed by atoms with Crippen LogP contribution in [0.4, 0.5) is 0 Å². The maximum Gasteiger partial charge on any atom is 0.267 e. The molecule has 0 aromatic carbocycles. The molecular formula is C14H31N2O6P. The van der Waals surface area contributed by atoms with Crippen LogP contribution in [-0.4, -0.2) is 69.5 Å². The average Bonchev–Trinajstić information content (AvgIpc) is 2.39. The van der Waals surface area contributed by atoms with Crippen molar-refractivity contribution in [3.8, 4) is 0 Å². The van der Waals surface area contributed by atoms with E-state index in [0.29, 0.717) is 24.0 Å². The van der Waals surface area contributed by atoms with Gasteiger partial charge in [0.1, 0.15) is 12.6 Å². The van der Waals surface area contributed by atoms with Gasteiger partial charge >= 0.3 is 0 Å². The van der Waals surface area contributed by atoms with Crippen LogP contribution in [0.5, 0.6) is 0 Å². The first-order valence-corrected chi connectivity index (χ1v) is 9.28. The molecule has 0 rings (SSSR count). The summed E-state index contributed by atoms with van der Waals surface area (Å²) in [7, 11) is 2.84. The minimum Gasteiger partial charge on any atom is -0.756 e. The van der Waals surface area contributed by atoms with Gasteiger partial charge in [0.25, 0.3) is 7.82 Å². The Hall–Kier alpha value is -0.500. The van der Waals surface area contributed by atoms with Crippen LogP contribution in [-0.2, 0) is 18.4 Å². The van der Waals surface area contributed by atoms with E-state index in [-0.39, 0.29) is 18.9 Å². The highest BCUT2D eigenvalue weighted by molar-refractivity contribution is 7.45. The van der Waals surface area contributed by atoms with E-state index in [1.54, 1.807) is 0 Å². The summed E-state index contributed by atoms with van der Waals surface area (Å²) in [5.74, 6) is -0.151. The molecule has 0 aromatic heterocycles. The van der Waals surface area contributed by atoms with Gasteiger partial charge in [-0.05, 0) is 12.8 Å². The molecule has 0 aliphatic carbocycles. The number of carbonyl (C=O) groups is 1. The molecule has 23 heavy (non-hydrogen) atoms. The third-order valence-electron chi connectivity index (χ3n) is 3.05. The minimum atomic E-state index is -4.11. The Balaban J connectivity index is 3.54. The lowest BCUT2D eigenvalue weighted by molar-refractivity contribution is -0.873. The van der Waals surface area contributed by atoms with Gasteiger partial charge in [-0.2, -0.15) is 0 Å². The molecule has 2 atom stereocenters. The highest BCUT2D eigenvalue weighted by Gasteiger charge is 2.18. The summed E-state index contributed by atoms with van der Waals surface area (Å²) in [6.45, 7) is 1.19. The Morgan fingerprint density at radius 1 is 1.26 bits per heavy atom. The molecule has 8 nitrogen and oxygen atoms in total. The van der Waals surface area contributed by atoms with E-state index in [2.05, 4.69) is 14.4 Å². The van der Waals surface area contributed by atoms with Gasteiger partial charge in [-0.15, -0.1) is 0 Å². The number of carbonyl (C=O) groups excluding carboxylic acids is 1. The number of hydrogen-bond donors (Lipinski definition) is 2. The van der Waals surface area contributed by atoms with Crippen molar-refractivity contribution in [2.75, 3.05) is 47.9 Å². The van der Waals surface area contributed by atoms with Crippen LogP contribution in [0, 0.1) is 0 Å². The Bertz CT molecular complexity index is 386. The van der Waals surface area contributed by atoms with Gasteiger partial charge in [0.05, 0.1) is 34.2 Å². The number of phosphoric ester groups is 1. The summed E-state index contributed by atoms with van der Waals surface area (Å²) in [4.78, 5) is 22.5. The van der Waals surface area contributed by atoms with Gasteiger partial charge < -0.3 is 28.8 Å². The van der Waals surface area contributed by atoms with E-state index in [1.165, 1.54) is 0 Å². The Morgan fingerprint density at radius 2 is 1.87 bits per heavy atom. The molecule has 0 aliphatic heterocycles. The molecule has 0 bridgehead atoms. The van der Waals surface area contributed by atoms with Crippen molar-refractivity contribution in [2.45, 2.75) is 38.2 Å². The highest BCUT2D eigenvalue weighted by atomic mass is 31.2. The molecule has 2 N–H and O–H groups in total. The smallest absolute Gasteiger partial charge is 0.267 e.